The number of thiazole rings is 1. The molecule has 9 heteroatoms. The average Bonchev–Trinajstić information content (AvgIpc) is 3.47. The van der Waals surface area contributed by atoms with Gasteiger partial charge in [0, 0.05) is 41.3 Å². The lowest BCUT2D eigenvalue weighted by atomic mass is 9.85. The number of aromatic nitrogens is 4. The third-order valence-electron chi connectivity index (χ3n) is 5.37. The molecule has 3 aromatic heterocycles. The molecule has 7 nitrogen and oxygen atoms in total. The van der Waals surface area contributed by atoms with Crippen molar-refractivity contribution in [1.29, 1.82) is 0 Å². The van der Waals surface area contributed by atoms with E-state index >= 15 is 0 Å². The van der Waals surface area contributed by atoms with Gasteiger partial charge in [0.1, 0.15) is 5.41 Å². The molecule has 0 bridgehead atoms. The van der Waals surface area contributed by atoms with Gasteiger partial charge in [0.2, 0.25) is 5.91 Å². The van der Waals surface area contributed by atoms with Crippen LogP contribution >= 0.6 is 23.3 Å². The van der Waals surface area contributed by atoms with Crippen molar-refractivity contribution in [3.63, 3.8) is 0 Å². The number of carbonyl (C=O) groups excluding carboxylic acids is 1. The molecule has 1 aliphatic rings. The van der Waals surface area contributed by atoms with Crippen LogP contribution < -0.4 is 0 Å². The fourth-order valence-electron chi connectivity index (χ4n) is 3.61. The molecule has 1 amide bonds. The predicted octanol–water partition coefficient (Wildman–Crippen LogP) is 3.24. The van der Waals surface area contributed by atoms with Crippen LogP contribution in [0.2, 0.25) is 0 Å². The summed E-state index contributed by atoms with van der Waals surface area (Å²) in [6.45, 7) is 2.34. The van der Waals surface area contributed by atoms with Crippen LogP contribution in [0.5, 0.6) is 0 Å². The fraction of sp³-hybridized carbons (Fsp3) is 0.238. The van der Waals surface area contributed by atoms with Gasteiger partial charge in [-0.3, -0.25) is 9.78 Å². The molecule has 1 N–H and O–H groups in total. The molecular formula is C21H19N5O2S2. The Balaban J connectivity index is 1.32. The molecule has 152 valence electrons. The first-order chi connectivity index (χ1) is 14.6. The van der Waals surface area contributed by atoms with E-state index in [1.807, 2.05) is 34.0 Å². The summed E-state index contributed by atoms with van der Waals surface area (Å²) in [5.74, 6) is -0.142. The van der Waals surface area contributed by atoms with Crippen LogP contribution in [-0.2, 0) is 23.3 Å². The van der Waals surface area contributed by atoms with Crippen molar-refractivity contribution in [2.75, 3.05) is 6.61 Å². The second-order valence-electron chi connectivity index (χ2n) is 7.44. The van der Waals surface area contributed by atoms with Crippen molar-refractivity contribution in [3.8, 4) is 0 Å². The van der Waals surface area contributed by atoms with E-state index in [0.29, 0.717) is 18.8 Å². The van der Waals surface area contributed by atoms with Crippen LogP contribution in [0.4, 0.5) is 0 Å². The third kappa shape index (κ3) is 3.28. The Bertz CT molecular complexity index is 1200. The number of hydrogen-bond acceptors (Lipinski definition) is 7. The lowest BCUT2D eigenvalue weighted by Gasteiger charge is -2.30. The Kier molecular flexibility index (Phi) is 4.80. The molecule has 1 aliphatic heterocycles. The Morgan fingerprint density at radius 3 is 2.93 bits per heavy atom. The SMILES string of the molecule is CC(CO)(C(=O)N1Cc2cn(Sc3ccc4ncsc4c3)nc2C1)c1ccccn1. The van der Waals surface area contributed by atoms with Gasteiger partial charge in [-0.2, -0.15) is 5.10 Å². The van der Waals surface area contributed by atoms with Gasteiger partial charge in [-0.15, -0.1) is 11.3 Å². The smallest absolute Gasteiger partial charge is 0.237 e. The normalized spacial score (nSPS) is 15.3. The van der Waals surface area contributed by atoms with Crippen LogP contribution in [0.25, 0.3) is 10.2 Å². The largest absolute Gasteiger partial charge is 0.395 e. The summed E-state index contributed by atoms with van der Waals surface area (Å²) in [6.07, 6.45) is 3.61. The maximum atomic E-state index is 13.2. The number of amides is 1. The Labute approximate surface area is 181 Å². The summed E-state index contributed by atoms with van der Waals surface area (Å²) in [5, 5.41) is 14.7. The summed E-state index contributed by atoms with van der Waals surface area (Å²) >= 11 is 3.16. The number of hydrogen-bond donors (Lipinski definition) is 1. The molecule has 0 fully saturated rings. The van der Waals surface area contributed by atoms with Crippen LogP contribution in [0.15, 0.2) is 59.2 Å². The number of fused-ring (bicyclic) bond motifs is 2. The van der Waals surface area contributed by atoms with Crippen molar-refractivity contribution < 1.29 is 9.90 Å². The van der Waals surface area contributed by atoms with Crippen molar-refractivity contribution in [2.45, 2.75) is 30.3 Å². The van der Waals surface area contributed by atoms with Crippen LogP contribution in [0.3, 0.4) is 0 Å². The molecule has 1 aromatic carbocycles. The molecule has 0 saturated heterocycles. The van der Waals surface area contributed by atoms with Crippen molar-refractivity contribution in [1.82, 2.24) is 24.1 Å². The summed E-state index contributed by atoms with van der Waals surface area (Å²) in [7, 11) is 0. The summed E-state index contributed by atoms with van der Waals surface area (Å²) in [6, 6.07) is 11.6. The van der Waals surface area contributed by atoms with E-state index in [1.165, 1.54) is 11.9 Å². The Morgan fingerprint density at radius 2 is 2.17 bits per heavy atom. The number of pyridine rings is 1. The molecule has 5 rings (SSSR count). The van der Waals surface area contributed by atoms with Gasteiger partial charge >= 0.3 is 0 Å². The minimum atomic E-state index is -1.07. The number of benzene rings is 1. The highest BCUT2D eigenvalue weighted by molar-refractivity contribution is 7.97. The van der Waals surface area contributed by atoms with Gasteiger partial charge in [-0.1, -0.05) is 6.07 Å². The van der Waals surface area contributed by atoms with Crippen LogP contribution in [0, 0.1) is 0 Å². The summed E-state index contributed by atoms with van der Waals surface area (Å²) in [5.41, 5.74) is 4.26. The van der Waals surface area contributed by atoms with Crippen LogP contribution in [0.1, 0.15) is 23.9 Å². The lowest BCUT2D eigenvalue weighted by molar-refractivity contribution is -0.139. The average molecular weight is 438 g/mol. The molecule has 30 heavy (non-hydrogen) atoms. The minimum Gasteiger partial charge on any atom is -0.395 e. The number of aliphatic hydroxyl groups excluding tert-OH is 1. The van der Waals surface area contributed by atoms with Gasteiger partial charge in [0.15, 0.2) is 0 Å². The highest BCUT2D eigenvalue weighted by Crippen LogP contribution is 2.32. The quantitative estimate of drug-likeness (QED) is 0.516. The van der Waals surface area contributed by atoms with Gasteiger partial charge in [0.25, 0.3) is 0 Å². The number of aliphatic hydroxyl groups is 1. The van der Waals surface area contributed by atoms with Crippen molar-refractivity contribution >= 4 is 39.4 Å². The highest BCUT2D eigenvalue weighted by Gasteiger charge is 2.41. The fourth-order valence-corrected chi connectivity index (χ4v) is 5.24. The lowest BCUT2D eigenvalue weighted by Crippen LogP contribution is -2.46. The molecular weight excluding hydrogens is 418 g/mol. The molecule has 1 unspecified atom stereocenters. The summed E-state index contributed by atoms with van der Waals surface area (Å²) < 4.78 is 2.99. The van der Waals surface area contributed by atoms with Gasteiger partial charge in [0.05, 0.1) is 40.3 Å². The van der Waals surface area contributed by atoms with E-state index in [1.54, 1.807) is 41.5 Å². The van der Waals surface area contributed by atoms with E-state index in [4.69, 9.17) is 0 Å². The van der Waals surface area contributed by atoms with Crippen molar-refractivity contribution in [3.05, 3.63) is 71.3 Å². The first kappa shape index (κ1) is 19.2. The molecule has 4 heterocycles. The minimum absolute atomic E-state index is 0.142. The molecule has 0 saturated carbocycles. The topological polar surface area (TPSA) is 84.1 Å². The van der Waals surface area contributed by atoms with E-state index in [-0.39, 0.29) is 12.5 Å². The van der Waals surface area contributed by atoms with Gasteiger partial charge in [-0.05, 0) is 37.3 Å². The molecule has 0 aliphatic carbocycles. The maximum Gasteiger partial charge on any atom is 0.237 e. The summed E-state index contributed by atoms with van der Waals surface area (Å²) in [4.78, 5) is 24.6. The predicted molar refractivity (Wildman–Crippen MR) is 116 cm³/mol. The first-order valence-electron chi connectivity index (χ1n) is 9.47. The maximum absolute atomic E-state index is 13.2. The zero-order chi connectivity index (χ0) is 20.7. The highest BCUT2D eigenvalue weighted by atomic mass is 32.2. The van der Waals surface area contributed by atoms with E-state index in [0.717, 1.165) is 26.4 Å². The van der Waals surface area contributed by atoms with Gasteiger partial charge in [-0.25, -0.2) is 9.07 Å². The van der Waals surface area contributed by atoms with E-state index in [9.17, 15) is 9.90 Å². The third-order valence-corrected chi connectivity index (χ3v) is 7.00. The van der Waals surface area contributed by atoms with E-state index in [2.05, 4.69) is 21.1 Å². The van der Waals surface area contributed by atoms with Crippen molar-refractivity contribution in [2.24, 2.45) is 0 Å². The van der Waals surface area contributed by atoms with Crippen LogP contribution in [-0.4, -0.2) is 41.7 Å². The zero-order valence-electron chi connectivity index (χ0n) is 16.2. The van der Waals surface area contributed by atoms with E-state index < -0.39 is 5.41 Å². The Morgan fingerprint density at radius 1 is 1.27 bits per heavy atom. The number of rotatable bonds is 5. The standard InChI is InChI=1S/C21H19N5O2S2/c1-21(12-27,19-4-2-3-7-22-19)20(28)25-9-14-10-26(24-17(14)11-25)30-15-5-6-16-18(8-15)29-13-23-16/h2-8,10,13,27H,9,11-12H2,1H3. The monoisotopic (exact) mass is 437 g/mol. The second kappa shape index (κ2) is 7.50. The zero-order valence-corrected chi connectivity index (χ0v) is 17.9. The molecule has 0 radical (unpaired) electrons. The second-order valence-corrected chi connectivity index (χ2v) is 9.36. The molecule has 4 aromatic rings. The Hall–Kier alpha value is -2.75. The van der Waals surface area contributed by atoms with Gasteiger partial charge < -0.3 is 10.0 Å². The molecule has 0 spiro atoms. The molecule has 1 atom stereocenters. The number of carbonyl (C=O) groups is 1. The number of nitrogens with zero attached hydrogens (tertiary/aromatic N) is 5. The first-order valence-corrected chi connectivity index (χ1v) is 11.1.